The molecule has 1 saturated heterocycles. The number of sulfonamides is 1. The van der Waals surface area contributed by atoms with Crippen LogP contribution in [0.1, 0.15) is 18.9 Å². The molecule has 2 aromatic heterocycles. The molecule has 0 radical (unpaired) electrons. The fourth-order valence-corrected chi connectivity index (χ4v) is 6.54. The molecule has 28 heavy (non-hydrogen) atoms. The Kier molecular flexibility index (Phi) is 4.90. The van der Waals surface area contributed by atoms with E-state index in [-0.39, 0.29) is 28.2 Å². The molecule has 0 saturated carbocycles. The van der Waals surface area contributed by atoms with E-state index in [1.165, 1.54) is 28.6 Å². The first-order chi connectivity index (χ1) is 13.3. The van der Waals surface area contributed by atoms with Crippen LogP contribution >= 0.6 is 22.9 Å². The minimum atomic E-state index is -3.66. The highest BCUT2D eigenvalue weighted by Gasteiger charge is 2.32. The van der Waals surface area contributed by atoms with Crippen LogP contribution in [0.25, 0.3) is 10.9 Å². The van der Waals surface area contributed by atoms with E-state index in [2.05, 4.69) is 4.98 Å². The van der Waals surface area contributed by atoms with Crippen molar-refractivity contribution in [2.45, 2.75) is 23.1 Å². The number of halogens is 2. The molecule has 148 valence electrons. The molecule has 7 nitrogen and oxygen atoms in total. The van der Waals surface area contributed by atoms with Crippen LogP contribution in [-0.4, -0.2) is 35.4 Å². The average Bonchev–Trinajstić information content (AvgIpc) is 3.10. The Morgan fingerprint density at radius 3 is 2.50 bits per heavy atom. The zero-order valence-corrected chi connectivity index (χ0v) is 16.8. The highest BCUT2D eigenvalue weighted by Crippen LogP contribution is 2.31. The van der Waals surface area contributed by atoms with Crippen molar-refractivity contribution < 1.29 is 12.8 Å². The molecule has 1 fully saturated rings. The smallest absolute Gasteiger partial charge is 0.307 e. The molecule has 0 unspecified atom stereocenters. The van der Waals surface area contributed by atoms with Gasteiger partial charge in [0.15, 0.2) is 0 Å². The average molecular weight is 444 g/mol. The Morgan fingerprint density at radius 1 is 1.14 bits per heavy atom. The standard InChI is InChI=1S/C17H15ClFN3O4S2/c18-14-3-4-15(27-14)28(25,26)21-7-5-11(6-8-21)22-16(23)12-9-10(19)1-2-13(12)20-17(22)24/h1-4,9,11H,5-8H2,(H,20,24). The van der Waals surface area contributed by atoms with Crippen LogP contribution in [0.15, 0.2) is 44.1 Å². The largest absolute Gasteiger partial charge is 0.329 e. The summed E-state index contributed by atoms with van der Waals surface area (Å²) in [6, 6.07) is 6.12. The lowest BCUT2D eigenvalue weighted by Crippen LogP contribution is -2.44. The van der Waals surface area contributed by atoms with Gasteiger partial charge in [0, 0.05) is 19.1 Å². The summed E-state index contributed by atoms with van der Waals surface area (Å²) in [7, 11) is -3.66. The maximum atomic E-state index is 13.5. The summed E-state index contributed by atoms with van der Waals surface area (Å²) < 4.78 is 41.8. The van der Waals surface area contributed by atoms with Gasteiger partial charge in [0.1, 0.15) is 10.0 Å². The molecular weight excluding hydrogens is 429 g/mol. The number of aromatic amines is 1. The SMILES string of the molecule is O=c1[nH]c2ccc(F)cc2c(=O)n1C1CCN(S(=O)(=O)c2ccc(Cl)s2)CC1. The lowest BCUT2D eigenvalue weighted by atomic mass is 10.1. The van der Waals surface area contributed by atoms with Gasteiger partial charge in [-0.05, 0) is 43.2 Å². The van der Waals surface area contributed by atoms with Gasteiger partial charge < -0.3 is 4.98 Å². The highest BCUT2D eigenvalue weighted by molar-refractivity contribution is 7.91. The number of thiophene rings is 1. The highest BCUT2D eigenvalue weighted by atomic mass is 35.5. The first-order valence-corrected chi connectivity index (χ1v) is 11.1. The van der Waals surface area contributed by atoms with Gasteiger partial charge in [-0.2, -0.15) is 4.31 Å². The Morgan fingerprint density at radius 2 is 1.86 bits per heavy atom. The van der Waals surface area contributed by atoms with Crippen LogP contribution in [-0.2, 0) is 10.0 Å². The summed E-state index contributed by atoms with van der Waals surface area (Å²) in [5.41, 5.74) is -0.901. The van der Waals surface area contributed by atoms with E-state index in [9.17, 15) is 22.4 Å². The Balaban J connectivity index is 1.62. The van der Waals surface area contributed by atoms with Crippen LogP contribution in [0.5, 0.6) is 0 Å². The van der Waals surface area contributed by atoms with E-state index in [1.54, 1.807) is 0 Å². The molecule has 3 aromatic rings. The molecule has 0 atom stereocenters. The van der Waals surface area contributed by atoms with Crippen LogP contribution < -0.4 is 11.2 Å². The van der Waals surface area contributed by atoms with E-state index in [4.69, 9.17) is 11.6 Å². The number of benzene rings is 1. The third-order valence-corrected chi connectivity index (χ3v) is 8.42. The normalized spacial score (nSPS) is 16.6. The summed E-state index contributed by atoms with van der Waals surface area (Å²) in [6.07, 6.45) is 0.588. The van der Waals surface area contributed by atoms with Crippen molar-refractivity contribution in [3.05, 3.63) is 61.3 Å². The quantitative estimate of drug-likeness (QED) is 0.673. The molecule has 4 rings (SSSR count). The third kappa shape index (κ3) is 3.30. The molecule has 3 heterocycles. The zero-order chi connectivity index (χ0) is 20.1. The fraction of sp³-hybridized carbons (Fsp3) is 0.294. The van der Waals surface area contributed by atoms with Gasteiger partial charge in [-0.25, -0.2) is 17.6 Å². The molecule has 1 aromatic carbocycles. The lowest BCUT2D eigenvalue weighted by molar-refractivity contribution is 0.266. The number of nitrogens with zero attached hydrogens (tertiary/aromatic N) is 2. The molecule has 0 aliphatic carbocycles. The third-order valence-electron chi connectivity index (χ3n) is 4.82. The summed E-state index contributed by atoms with van der Waals surface area (Å²) in [5, 5.41) is 0.0860. The van der Waals surface area contributed by atoms with Gasteiger partial charge in [0.05, 0.1) is 15.2 Å². The van der Waals surface area contributed by atoms with Crippen molar-refractivity contribution in [2.75, 3.05) is 13.1 Å². The number of fused-ring (bicyclic) bond motifs is 1. The van der Waals surface area contributed by atoms with E-state index in [1.807, 2.05) is 0 Å². The lowest BCUT2D eigenvalue weighted by Gasteiger charge is -2.31. The van der Waals surface area contributed by atoms with Crippen molar-refractivity contribution >= 4 is 43.9 Å². The Labute approximate surface area is 168 Å². The summed E-state index contributed by atoms with van der Waals surface area (Å²) in [5.74, 6) is -0.571. The van der Waals surface area contributed by atoms with Crippen molar-refractivity contribution in [1.29, 1.82) is 0 Å². The number of hydrogen-bond donors (Lipinski definition) is 1. The van der Waals surface area contributed by atoms with Crippen LogP contribution in [0.4, 0.5) is 4.39 Å². The number of piperidine rings is 1. The number of nitrogens with one attached hydrogen (secondary N) is 1. The first kappa shape index (κ1) is 19.3. The molecule has 0 spiro atoms. The number of rotatable bonds is 3. The molecular formula is C17H15ClFN3O4S2. The Bertz CT molecular complexity index is 1270. The van der Waals surface area contributed by atoms with Gasteiger partial charge in [0.2, 0.25) is 0 Å². The minimum absolute atomic E-state index is 0.0860. The fourth-order valence-electron chi connectivity index (χ4n) is 3.44. The molecule has 1 N–H and O–H groups in total. The number of hydrogen-bond acceptors (Lipinski definition) is 5. The molecule has 0 bridgehead atoms. The maximum Gasteiger partial charge on any atom is 0.329 e. The molecule has 1 aliphatic rings. The van der Waals surface area contributed by atoms with E-state index in [0.717, 1.165) is 22.0 Å². The topological polar surface area (TPSA) is 92.2 Å². The molecule has 1 aliphatic heterocycles. The zero-order valence-electron chi connectivity index (χ0n) is 14.4. The second-order valence-corrected chi connectivity index (χ2v) is 10.4. The second-order valence-electron chi connectivity index (χ2n) is 6.49. The predicted octanol–water partition coefficient (Wildman–Crippen LogP) is 2.57. The van der Waals surface area contributed by atoms with Gasteiger partial charge in [-0.15, -0.1) is 11.3 Å². The molecule has 11 heteroatoms. The maximum absolute atomic E-state index is 13.5. The number of aromatic nitrogens is 2. The Hall–Kier alpha value is -2.01. The summed E-state index contributed by atoms with van der Waals surface area (Å²) in [6.45, 7) is 0.325. The van der Waals surface area contributed by atoms with E-state index in [0.29, 0.717) is 17.2 Å². The van der Waals surface area contributed by atoms with Crippen molar-refractivity contribution in [1.82, 2.24) is 13.9 Å². The van der Waals surface area contributed by atoms with E-state index >= 15 is 0 Å². The number of H-pyrrole nitrogens is 1. The van der Waals surface area contributed by atoms with Crippen molar-refractivity contribution in [3.8, 4) is 0 Å². The molecule has 0 amide bonds. The second kappa shape index (κ2) is 7.11. The van der Waals surface area contributed by atoms with E-state index < -0.39 is 33.1 Å². The van der Waals surface area contributed by atoms with Crippen molar-refractivity contribution in [2.24, 2.45) is 0 Å². The summed E-state index contributed by atoms with van der Waals surface area (Å²) >= 11 is 6.82. The van der Waals surface area contributed by atoms with Gasteiger partial charge in [-0.1, -0.05) is 11.6 Å². The van der Waals surface area contributed by atoms with Gasteiger partial charge >= 0.3 is 5.69 Å². The first-order valence-electron chi connectivity index (χ1n) is 8.47. The minimum Gasteiger partial charge on any atom is -0.307 e. The summed E-state index contributed by atoms with van der Waals surface area (Å²) in [4.78, 5) is 27.7. The van der Waals surface area contributed by atoms with Gasteiger partial charge in [0.25, 0.3) is 15.6 Å². The van der Waals surface area contributed by atoms with Crippen LogP contribution in [0.3, 0.4) is 0 Å². The van der Waals surface area contributed by atoms with Crippen molar-refractivity contribution in [3.63, 3.8) is 0 Å². The van der Waals surface area contributed by atoms with Crippen LogP contribution in [0.2, 0.25) is 4.34 Å². The monoisotopic (exact) mass is 443 g/mol. The van der Waals surface area contributed by atoms with Crippen LogP contribution in [0, 0.1) is 5.82 Å². The predicted molar refractivity (Wildman–Crippen MR) is 105 cm³/mol. The van der Waals surface area contributed by atoms with Gasteiger partial charge in [-0.3, -0.25) is 9.36 Å².